The number of alkyl halides is 4. The molecule has 1 unspecified atom stereocenters. The number of carbonyl (C=O) groups is 1. The van der Waals surface area contributed by atoms with Crippen LogP contribution in [0.15, 0.2) is 47.6 Å². The van der Waals surface area contributed by atoms with Crippen molar-refractivity contribution in [3.63, 3.8) is 0 Å². The summed E-state index contributed by atoms with van der Waals surface area (Å²) in [6.45, 7) is 1.25. The highest BCUT2D eigenvalue weighted by atomic mass is 35.5. The fraction of sp³-hybridized carbons (Fsp3) is 0.333. The Balaban J connectivity index is 1.59. The van der Waals surface area contributed by atoms with Crippen LogP contribution >= 0.6 is 23.2 Å². The number of halogens is 6. The van der Waals surface area contributed by atoms with Gasteiger partial charge >= 0.3 is 6.18 Å². The number of hydrogen-bond donors (Lipinski definition) is 0. The maximum atomic E-state index is 14.9. The molecule has 0 bridgehead atoms. The number of rotatable bonds is 3. The normalized spacial score (nSPS) is 22.5. The highest BCUT2D eigenvalue weighted by molar-refractivity contribution is 6.34. The topological polar surface area (TPSA) is 41.9 Å². The minimum atomic E-state index is -4.79. The minimum Gasteiger partial charge on any atom is -0.374 e. The number of carbonyl (C=O) groups excluding carboxylic acids is 1. The molecule has 0 radical (unpaired) electrons. The van der Waals surface area contributed by atoms with E-state index >= 15 is 0 Å². The number of likely N-dealkylation sites (tertiary alicyclic amines) is 1. The Bertz CT molecular complexity index is 1050. The first-order valence-electron chi connectivity index (χ1n) is 9.27. The van der Waals surface area contributed by atoms with Gasteiger partial charge in [0.1, 0.15) is 0 Å². The molecular weight excluding hydrogens is 459 g/mol. The molecule has 0 saturated carbocycles. The Morgan fingerprint density at radius 3 is 2.16 bits per heavy atom. The third-order valence-corrected chi connectivity index (χ3v) is 6.02. The van der Waals surface area contributed by atoms with Crippen molar-refractivity contribution in [2.75, 3.05) is 13.1 Å². The van der Waals surface area contributed by atoms with Crippen LogP contribution in [0.1, 0.15) is 30.0 Å². The molecule has 2 aliphatic rings. The summed E-state index contributed by atoms with van der Waals surface area (Å²) in [5, 5.41) is 3.77. The van der Waals surface area contributed by atoms with Crippen molar-refractivity contribution in [3.05, 3.63) is 69.2 Å². The number of oxime groups is 1. The first-order chi connectivity index (χ1) is 14.4. The lowest BCUT2D eigenvalue weighted by atomic mass is 9.85. The predicted molar refractivity (Wildman–Crippen MR) is 108 cm³/mol. The van der Waals surface area contributed by atoms with Gasteiger partial charge in [-0.1, -0.05) is 52.6 Å². The highest BCUT2D eigenvalue weighted by Crippen LogP contribution is 2.49. The van der Waals surface area contributed by atoms with E-state index in [1.807, 2.05) is 0 Å². The fourth-order valence-electron chi connectivity index (χ4n) is 3.77. The number of benzene rings is 2. The van der Waals surface area contributed by atoms with Gasteiger partial charge in [0, 0.05) is 29.0 Å². The zero-order chi connectivity index (χ0) is 22.6. The zero-order valence-electron chi connectivity index (χ0n) is 16.1. The average molecular weight is 475 g/mol. The van der Waals surface area contributed by atoms with Crippen molar-refractivity contribution in [1.82, 2.24) is 4.90 Å². The van der Waals surface area contributed by atoms with E-state index in [1.54, 1.807) is 0 Å². The average Bonchev–Trinajstić information content (AvgIpc) is 3.11. The van der Waals surface area contributed by atoms with Crippen LogP contribution in [0.25, 0.3) is 0 Å². The Hall–Kier alpha value is -2.32. The van der Waals surface area contributed by atoms with Gasteiger partial charge < -0.3 is 9.74 Å². The third kappa shape index (κ3) is 3.76. The van der Waals surface area contributed by atoms with Crippen molar-refractivity contribution >= 4 is 34.8 Å². The van der Waals surface area contributed by atoms with E-state index in [1.165, 1.54) is 42.2 Å². The van der Waals surface area contributed by atoms with E-state index in [2.05, 4.69) is 5.16 Å². The summed E-state index contributed by atoms with van der Waals surface area (Å²) in [4.78, 5) is 17.6. The summed E-state index contributed by atoms with van der Waals surface area (Å²) < 4.78 is 57.1. The lowest BCUT2D eigenvalue weighted by Gasteiger charge is -2.44. The van der Waals surface area contributed by atoms with Crippen molar-refractivity contribution < 1.29 is 27.2 Å². The first kappa shape index (κ1) is 21.9. The van der Waals surface area contributed by atoms with E-state index in [9.17, 15) is 22.4 Å². The summed E-state index contributed by atoms with van der Waals surface area (Å²) >= 11 is 11.8. The highest BCUT2D eigenvalue weighted by Gasteiger charge is 2.62. The molecule has 1 fully saturated rings. The maximum absolute atomic E-state index is 14.9. The first-order valence-corrected chi connectivity index (χ1v) is 10.0. The molecule has 1 saturated heterocycles. The molecule has 2 aromatic rings. The van der Waals surface area contributed by atoms with Crippen LogP contribution in [0.4, 0.5) is 17.6 Å². The molecule has 1 atom stereocenters. The van der Waals surface area contributed by atoms with Gasteiger partial charge in [0.2, 0.25) is 5.91 Å². The van der Waals surface area contributed by atoms with Crippen molar-refractivity contribution in [3.8, 4) is 0 Å². The molecule has 2 aromatic carbocycles. The molecule has 0 spiro atoms. The molecule has 164 valence electrons. The lowest BCUT2D eigenvalue weighted by Crippen LogP contribution is -2.58. The van der Waals surface area contributed by atoms with Crippen molar-refractivity contribution in [2.24, 2.45) is 5.16 Å². The van der Waals surface area contributed by atoms with Crippen LogP contribution in [0.2, 0.25) is 10.0 Å². The summed E-state index contributed by atoms with van der Waals surface area (Å²) in [6, 6.07) is 9.57. The molecule has 4 nitrogen and oxygen atoms in total. The summed E-state index contributed by atoms with van der Waals surface area (Å²) in [6.07, 6.45) is -5.39. The van der Waals surface area contributed by atoms with E-state index in [0.29, 0.717) is 11.1 Å². The van der Waals surface area contributed by atoms with E-state index in [0.717, 1.165) is 12.1 Å². The van der Waals surface area contributed by atoms with Gasteiger partial charge in [0.15, 0.2) is 5.67 Å². The molecule has 1 amide bonds. The second kappa shape index (κ2) is 7.38. The SMILES string of the molecule is CC(=O)N1CC(F)(c2ccc(C3=NOC(c4cc(Cl)cc(Cl)c4)(C(F)(F)F)C3)cc2)C1. The van der Waals surface area contributed by atoms with Crippen LogP contribution < -0.4 is 0 Å². The van der Waals surface area contributed by atoms with Crippen molar-refractivity contribution in [1.29, 1.82) is 0 Å². The Morgan fingerprint density at radius 1 is 1.06 bits per heavy atom. The molecule has 0 aromatic heterocycles. The number of nitrogens with zero attached hydrogens (tertiary/aromatic N) is 2. The Morgan fingerprint density at radius 2 is 1.65 bits per heavy atom. The predicted octanol–water partition coefficient (Wildman–Crippen LogP) is 5.60. The number of amides is 1. The quantitative estimate of drug-likeness (QED) is 0.543. The fourth-order valence-corrected chi connectivity index (χ4v) is 4.30. The third-order valence-electron chi connectivity index (χ3n) is 5.58. The van der Waals surface area contributed by atoms with Gasteiger partial charge in [-0.3, -0.25) is 4.79 Å². The molecular formula is C21H16Cl2F4N2O2. The second-order valence-electron chi connectivity index (χ2n) is 7.71. The molecule has 0 N–H and O–H groups in total. The largest absolute Gasteiger partial charge is 0.435 e. The molecule has 2 heterocycles. The standard InChI is InChI=1S/C21H16Cl2F4N2O2/c1-12(30)29-10-19(24,11-29)14-4-2-13(3-5-14)18-9-20(31-28-18,21(25,26)27)15-6-16(22)8-17(23)7-15/h2-8H,9-11H2,1H3. The molecule has 0 aliphatic carbocycles. The van der Waals surface area contributed by atoms with Crippen LogP contribution in [0, 0.1) is 0 Å². The Labute approximate surface area is 185 Å². The van der Waals surface area contributed by atoms with E-state index < -0.39 is 23.9 Å². The van der Waals surface area contributed by atoms with Gasteiger partial charge in [0.25, 0.3) is 5.60 Å². The van der Waals surface area contributed by atoms with E-state index in [4.69, 9.17) is 28.0 Å². The smallest absolute Gasteiger partial charge is 0.374 e. The van der Waals surface area contributed by atoms with Crippen LogP contribution in [0.5, 0.6) is 0 Å². The van der Waals surface area contributed by atoms with E-state index in [-0.39, 0.29) is 40.3 Å². The summed E-state index contributed by atoms with van der Waals surface area (Å²) in [5.74, 6) is -0.216. The van der Waals surface area contributed by atoms with Crippen molar-refractivity contribution in [2.45, 2.75) is 30.8 Å². The van der Waals surface area contributed by atoms with Gasteiger partial charge in [0.05, 0.1) is 18.8 Å². The van der Waals surface area contributed by atoms with Gasteiger partial charge in [-0.05, 0) is 29.3 Å². The molecule has 10 heteroatoms. The molecule has 4 rings (SSSR count). The zero-order valence-corrected chi connectivity index (χ0v) is 17.7. The lowest BCUT2D eigenvalue weighted by molar-refractivity contribution is -0.275. The monoisotopic (exact) mass is 474 g/mol. The molecule has 2 aliphatic heterocycles. The summed E-state index contributed by atoms with van der Waals surface area (Å²) in [7, 11) is 0. The van der Waals surface area contributed by atoms with Gasteiger partial charge in [-0.15, -0.1) is 0 Å². The Kier molecular flexibility index (Phi) is 5.21. The number of hydrogen-bond acceptors (Lipinski definition) is 3. The minimum absolute atomic E-state index is 0.0425. The molecule has 31 heavy (non-hydrogen) atoms. The van der Waals surface area contributed by atoms with Crippen LogP contribution in [-0.4, -0.2) is 35.8 Å². The van der Waals surface area contributed by atoms with Crippen LogP contribution in [-0.2, 0) is 20.9 Å². The summed E-state index contributed by atoms with van der Waals surface area (Å²) in [5.41, 5.74) is -3.88. The maximum Gasteiger partial charge on any atom is 0.435 e. The second-order valence-corrected chi connectivity index (χ2v) is 8.58. The van der Waals surface area contributed by atoms with Crippen LogP contribution in [0.3, 0.4) is 0 Å². The van der Waals surface area contributed by atoms with Gasteiger partial charge in [-0.25, -0.2) is 4.39 Å². The van der Waals surface area contributed by atoms with Gasteiger partial charge in [-0.2, -0.15) is 13.2 Å².